The average Bonchev–Trinajstić information content (AvgIpc) is 2.73. The number of carbonyl (C=O) groups is 1. The zero-order valence-corrected chi connectivity index (χ0v) is 16.4. The van der Waals surface area contributed by atoms with Crippen molar-refractivity contribution < 1.29 is 14.5 Å². The van der Waals surface area contributed by atoms with E-state index in [0.717, 1.165) is 5.56 Å². The van der Waals surface area contributed by atoms with E-state index in [9.17, 15) is 20.2 Å². The van der Waals surface area contributed by atoms with E-state index in [2.05, 4.69) is 0 Å². The van der Waals surface area contributed by atoms with Crippen molar-refractivity contribution in [3.8, 4) is 6.07 Å². The van der Waals surface area contributed by atoms with Gasteiger partial charge in [-0.05, 0) is 17.5 Å². The number of hydrogen-bond donors (Lipinski definition) is 1. The van der Waals surface area contributed by atoms with Crippen LogP contribution >= 0.6 is 11.6 Å². The molecular weight excluding hydrogens is 406 g/mol. The minimum atomic E-state index is -1.04. The number of nitrogens with zero attached hydrogens (tertiary/aromatic N) is 2. The number of nitro benzene ring substituents is 1. The van der Waals surface area contributed by atoms with Gasteiger partial charge in [0.2, 0.25) is 5.88 Å². The Morgan fingerprint density at radius 3 is 2.57 bits per heavy atom. The zero-order chi connectivity index (χ0) is 21.4. The van der Waals surface area contributed by atoms with E-state index in [1.54, 1.807) is 0 Å². The molecule has 7 nitrogen and oxygen atoms in total. The molecule has 0 bridgehead atoms. The van der Waals surface area contributed by atoms with Gasteiger partial charge in [0.15, 0.2) is 5.78 Å². The number of nitrogens with two attached hydrogens (primary N) is 1. The van der Waals surface area contributed by atoms with E-state index < -0.39 is 10.8 Å². The normalized spacial score (nSPS) is 21.0. The lowest BCUT2D eigenvalue weighted by molar-refractivity contribution is -0.385. The van der Waals surface area contributed by atoms with Crippen LogP contribution in [-0.2, 0) is 9.53 Å². The number of allylic oxidation sites excluding steroid dienone is 3. The van der Waals surface area contributed by atoms with Gasteiger partial charge in [0.25, 0.3) is 5.69 Å². The topological polar surface area (TPSA) is 119 Å². The largest absolute Gasteiger partial charge is 0.444 e. The fraction of sp³-hybridized carbons (Fsp3) is 0.182. The summed E-state index contributed by atoms with van der Waals surface area (Å²) in [4.78, 5) is 24.3. The average molecular weight is 422 g/mol. The summed E-state index contributed by atoms with van der Waals surface area (Å²) in [6.07, 6.45) is 0.582. The number of ketones is 1. The molecule has 2 aliphatic rings. The molecule has 2 atom stereocenters. The number of nitriles is 1. The number of benzene rings is 2. The lowest BCUT2D eigenvalue weighted by atomic mass is 9.73. The molecule has 8 heteroatoms. The molecule has 0 radical (unpaired) electrons. The maximum Gasteiger partial charge on any atom is 0.275 e. The van der Waals surface area contributed by atoms with E-state index in [4.69, 9.17) is 22.1 Å². The molecule has 0 amide bonds. The van der Waals surface area contributed by atoms with Crippen molar-refractivity contribution in [2.24, 2.45) is 5.73 Å². The molecule has 0 saturated heterocycles. The summed E-state index contributed by atoms with van der Waals surface area (Å²) in [6.45, 7) is 0. The second-order valence-corrected chi connectivity index (χ2v) is 7.54. The van der Waals surface area contributed by atoms with Crippen molar-refractivity contribution >= 4 is 23.1 Å². The lowest BCUT2D eigenvalue weighted by Gasteiger charge is -2.34. The number of nitro groups is 1. The highest BCUT2D eigenvalue weighted by Crippen LogP contribution is 2.50. The first-order valence-corrected chi connectivity index (χ1v) is 9.61. The standard InChI is InChI=1S/C22H16ClN3O4/c23-15-7-4-8-16(26(28)29)20(15)19-14(11-24)22(25)30-18-10-13(9-17(27)21(18)19)12-5-2-1-3-6-12/h1-8,13,19H,9-10,25H2/t13-,19-/m1/s1. The quantitative estimate of drug-likeness (QED) is 0.577. The first kappa shape index (κ1) is 19.7. The van der Waals surface area contributed by atoms with Gasteiger partial charge < -0.3 is 10.5 Å². The predicted octanol–water partition coefficient (Wildman–Crippen LogP) is 4.46. The Balaban J connectivity index is 1.89. The highest BCUT2D eigenvalue weighted by Gasteiger charge is 2.43. The predicted molar refractivity (Wildman–Crippen MR) is 109 cm³/mol. The van der Waals surface area contributed by atoms with Crippen molar-refractivity contribution in [1.82, 2.24) is 0 Å². The van der Waals surface area contributed by atoms with Crippen LogP contribution < -0.4 is 5.73 Å². The van der Waals surface area contributed by atoms with Gasteiger partial charge in [-0.3, -0.25) is 14.9 Å². The third-order valence-electron chi connectivity index (χ3n) is 5.45. The number of halogens is 1. The van der Waals surface area contributed by atoms with Crippen LogP contribution in [0.15, 0.2) is 71.3 Å². The molecule has 30 heavy (non-hydrogen) atoms. The second-order valence-electron chi connectivity index (χ2n) is 7.13. The smallest absolute Gasteiger partial charge is 0.275 e. The van der Waals surface area contributed by atoms with Crippen LogP contribution in [0.1, 0.15) is 35.8 Å². The van der Waals surface area contributed by atoms with Crippen molar-refractivity contribution in [2.45, 2.75) is 24.7 Å². The van der Waals surface area contributed by atoms with Crippen LogP contribution in [0.3, 0.4) is 0 Å². The van der Waals surface area contributed by atoms with Crippen LogP contribution in [0.2, 0.25) is 5.02 Å². The number of Topliss-reactive ketones (excluding diaryl/α,β-unsaturated/α-hetero) is 1. The van der Waals surface area contributed by atoms with E-state index in [0.29, 0.717) is 12.2 Å². The molecular formula is C22H16ClN3O4. The van der Waals surface area contributed by atoms with Crippen LogP contribution in [0.5, 0.6) is 0 Å². The maximum absolute atomic E-state index is 13.2. The molecule has 1 aliphatic carbocycles. The van der Waals surface area contributed by atoms with Gasteiger partial charge in [-0.1, -0.05) is 48.0 Å². The molecule has 0 saturated carbocycles. The zero-order valence-electron chi connectivity index (χ0n) is 15.7. The molecule has 0 aromatic heterocycles. The molecule has 0 spiro atoms. The van der Waals surface area contributed by atoms with Gasteiger partial charge in [0.05, 0.1) is 21.4 Å². The highest BCUT2D eigenvalue weighted by molar-refractivity contribution is 6.32. The van der Waals surface area contributed by atoms with E-state index in [-0.39, 0.29) is 51.4 Å². The number of hydrogen-bond acceptors (Lipinski definition) is 6. The first-order chi connectivity index (χ1) is 14.4. The van der Waals surface area contributed by atoms with Crippen molar-refractivity contribution in [2.75, 3.05) is 0 Å². The van der Waals surface area contributed by atoms with Crippen LogP contribution in [-0.4, -0.2) is 10.7 Å². The Bertz CT molecular complexity index is 1160. The van der Waals surface area contributed by atoms with Crippen LogP contribution in [0.4, 0.5) is 5.69 Å². The number of ether oxygens (including phenoxy) is 1. The molecule has 4 rings (SSSR count). The number of rotatable bonds is 3. The molecule has 2 aromatic rings. The number of carbonyl (C=O) groups excluding carboxylic acids is 1. The summed E-state index contributed by atoms with van der Waals surface area (Å²) in [5.74, 6) is -1.25. The Morgan fingerprint density at radius 2 is 1.90 bits per heavy atom. The Morgan fingerprint density at radius 1 is 1.17 bits per heavy atom. The first-order valence-electron chi connectivity index (χ1n) is 9.24. The summed E-state index contributed by atoms with van der Waals surface area (Å²) >= 11 is 6.33. The van der Waals surface area contributed by atoms with Gasteiger partial charge in [-0.2, -0.15) is 5.26 Å². The Labute approximate surface area is 177 Å². The minimum Gasteiger partial charge on any atom is -0.444 e. The molecule has 1 heterocycles. The fourth-order valence-corrected chi connectivity index (χ4v) is 4.41. The van der Waals surface area contributed by atoms with Gasteiger partial charge >= 0.3 is 0 Å². The van der Waals surface area contributed by atoms with E-state index in [1.807, 2.05) is 36.4 Å². The molecule has 0 unspecified atom stereocenters. The monoisotopic (exact) mass is 421 g/mol. The molecule has 0 fully saturated rings. The molecule has 2 aromatic carbocycles. The summed E-state index contributed by atoms with van der Waals surface area (Å²) in [5, 5.41) is 21.4. The second kappa shape index (κ2) is 7.65. The molecule has 150 valence electrons. The molecule has 1 aliphatic heterocycles. The van der Waals surface area contributed by atoms with Crippen LogP contribution in [0.25, 0.3) is 0 Å². The van der Waals surface area contributed by atoms with Gasteiger partial charge in [0, 0.05) is 24.5 Å². The highest BCUT2D eigenvalue weighted by atomic mass is 35.5. The fourth-order valence-electron chi connectivity index (χ4n) is 4.13. The third kappa shape index (κ3) is 3.21. The summed E-state index contributed by atoms with van der Waals surface area (Å²) < 4.78 is 5.69. The minimum absolute atomic E-state index is 0.0588. The van der Waals surface area contributed by atoms with Crippen molar-refractivity contribution in [1.29, 1.82) is 5.26 Å². The van der Waals surface area contributed by atoms with Gasteiger partial charge in [0.1, 0.15) is 17.4 Å². The van der Waals surface area contributed by atoms with E-state index >= 15 is 0 Å². The van der Waals surface area contributed by atoms with Crippen LogP contribution in [0, 0.1) is 21.4 Å². The SMILES string of the molecule is N#CC1=C(N)OC2=C(C(=O)C[C@@H](c3ccccc3)C2)[C@H]1c1c(Cl)cccc1[N+](=O)[O-]. The van der Waals surface area contributed by atoms with Gasteiger partial charge in [-0.25, -0.2) is 0 Å². The Kier molecular flexibility index (Phi) is 5.02. The van der Waals surface area contributed by atoms with Crippen molar-refractivity contribution in [3.63, 3.8) is 0 Å². The van der Waals surface area contributed by atoms with E-state index in [1.165, 1.54) is 18.2 Å². The lowest BCUT2D eigenvalue weighted by Crippen LogP contribution is -2.30. The maximum atomic E-state index is 13.2. The third-order valence-corrected chi connectivity index (χ3v) is 5.78. The van der Waals surface area contributed by atoms with Crippen molar-refractivity contribution in [3.05, 3.63) is 97.6 Å². The summed E-state index contributed by atoms with van der Waals surface area (Å²) in [5.41, 5.74) is 6.94. The summed E-state index contributed by atoms with van der Waals surface area (Å²) in [6, 6.07) is 15.7. The Hall–Kier alpha value is -3.63. The molecule has 2 N–H and O–H groups in total. The summed E-state index contributed by atoms with van der Waals surface area (Å²) in [7, 11) is 0. The van der Waals surface area contributed by atoms with Gasteiger partial charge in [-0.15, -0.1) is 0 Å².